The Morgan fingerprint density at radius 1 is 1.40 bits per heavy atom. The highest BCUT2D eigenvalue weighted by Crippen LogP contribution is 2.22. The summed E-state index contributed by atoms with van der Waals surface area (Å²) in [6, 6.07) is 6.98. The van der Waals surface area contributed by atoms with Crippen molar-refractivity contribution in [2.45, 2.75) is 19.8 Å². The number of ether oxygens (including phenoxy) is 1. The summed E-state index contributed by atoms with van der Waals surface area (Å²) in [4.78, 5) is 25.9. The van der Waals surface area contributed by atoms with E-state index in [-0.39, 0.29) is 17.8 Å². The summed E-state index contributed by atoms with van der Waals surface area (Å²) < 4.78 is 5.04. The molecule has 0 spiro atoms. The monoisotopic (exact) mass is 295 g/mol. The van der Waals surface area contributed by atoms with Crippen LogP contribution in [-0.4, -0.2) is 36.5 Å². The van der Waals surface area contributed by atoms with Gasteiger partial charge in [-0.3, -0.25) is 9.59 Å². The molecule has 2 rings (SSSR count). The van der Waals surface area contributed by atoms with Gasteiger partial charge in [0, 0.05) is 13.1 Å². The minimum Gasteiger partial charge on any atom is -0.466 e. The van der Waals surface area contributed by atoms with Gasteiger partial charge in [0.05, 0.1) is 23.1 Å². The Bertz CT molecular complexity index is 504. The van der Waals surface area contributed by atoms with Gasteiger partial charge in [0.25, 0.3) is 5.91 Å². The molecule has 4 nitrogen and oxygen atoms in total. The molecule has 1 amide bonds. The molecule has 108 valence electrons. The smallest absolute Gasteiger partial charge is 0.310 e. The summed E-state index contributed by atoms with van der Waals surface area (Å²) in [7, 11) is 0. The van der Waals surface area contributed by atoms with Gasteiger partial charge < -0.3 is 9.64 Å². The van der Waals surface area contributed by atoms with Crippen LogP contribution in [0.25, 0.3) is 0 Å². The minimum absolute atomic E-state index is 0.121. The molecule has 1 fully saturated rings. The fourth-order valence-corrected chi connectivity index (χ4v) is 2.64. The van der Waals surface area contributed by atoms with Gasteiger partial charge in [-0.15, -0.1) is 0 Å². The van der Waals surface area contributed by atoms with Crippen molar-refractivity contribution < 1.29 is 14.3 Å². The number of amides is 1. The van der Waals surface area contributed by atoms with Crippen LogP contribution in [-0.2, 0) is 9.53 Å². The van der Waals surface area contributed by atoms with Crippen molar-refractivity contribution in [3.8, 4) is 0 Å². The van der Waals surface area contributed by atoms with E-state index in [1.165, 1.54) is 0 Å². The standard InChI is InChI=1S/C15H18ClNO3/c1-2-20-15(19)11-6-5-9-17(10-11)14(18)12-7-3-4-8-13(12)16/h3-4,7-8,11H,2,5-6,9-10H2,1H3. The number of hydrogen-bond donors (Lipinski definition) is 0. The number of likely N-dealkylation sites (tertiary alicyclic amines) is 1. The highest BCUT2D eigenvalue weighted by Gasteiger charge is 2.30. The number of carbonyl (C=O) groups is 2. The molecular formula is C15H18ClNO3. The second-order valence-corrected chi connectivity index (χ2v) is 5.23. The van der Waals surface area contributed by atoms with Crippen molar-refractivity contribution in [3.63, 3.8) is 0 Å². The fourth-order valence-electron chi connectivity index (χ4n) is 2.42. The third-order valence-corrected chi connectivity index (χ3v) is 3.76. The SMILES string of the molecule is CCOC(=O)C1CCCN(C(=O)c2ccccc2Cl)C1. The normalized spacial score (nSPS) is 18.7. The summed E-state index contributed by atoms with van der Waals surface area (Å²) in [5.41, 5.74) is 0.485. The van der Waals surface area contributed by atoms with Crippen LogP contribution in [0.1, 0.15) is 30.1 Å². The lowest BCUT2D eigenvalue weighted by molar-refractivity contribution is -0.149. The van der Waals surface area contributed by atoms with E-state index in [1.807, 2.05) is 0 Å². The Kier molecular flexibility index (Phi) is 5.01. The lowest BCUT2D eigenvalue weighted by Crippen LogP contribution is -2.42. The molecular weight excluding hydrogens is 278 g/mol. The molecule has 1 heterocycles. The molecule has 1 unspecified atom stereocenters. The molecule has 1 aromatic carbocycles. The van der Waals surface area contributed by atoms with Crippen LogP contribution in [0.4, 0.5) is 0 Å². The van der Waals surface area contributed by atoms with E-state index in [2.05, 4.69) is 0 Å². The zero-order chi connectivity index (χ0) is 14.5. The first-order valence-electron chi connectivity index (χ1n) is 6.84. The summed E-state index contributed by atoms with van der Waals surface area (Å²) >= 11 is 6.05. The molecule has 0 radical (unpaired) electrons. The molecule has 1 aromatic rings. The number of hydrogen-bond acceptors (Lipinski definition) is 3. The predicted octanol–water partition coefficient (Wildman–Crippen LogP) is 2.76. The Morgan fingerprint density at radius 3 is 2.85 bits per heavy atom. The van der Waals surface area contributed by atoms with Crippen LogP contribution in [0.3, 0.4) is 0 Å². The number of benzene rings is 1. The summed E-state index contributed by atoms with van der Waals surface area (Å²) in [6.45, 7) is 3.21. The number of halogens is 1. The zero-order valence-electron chi connectivity index (χ0n) is 11.5. The number of esters is 1. The molecule has 1 aliphatic rings. The van der Waals surface area contributed by atoms with Gasteiger partial charge in [-0.25, -0.2) is 0 Å². The highest BCUT2D eigenvalue weighted by molar-refractivity contribution is 6.33. The molecule has 0 bridgehead atoms. The second kappa shape index (κ2) is 6.75. The van der Waals surface area contributed by atoms with Crippen LogP contribution < -0.4 is 0 Å². The number of rotatable bonds is 3. The first kappa shape index (κ1) is 14.9. The number of nitrogens with zero attached hydrogens (tertiary/aromatic N) is 1. The van der Waals surface area contributed by atoms with E-state index in [9.17, 15) is 9.59 Å². The number of carbonyl (C=O) groups excluding carboxylic acids is 2. The first-order chi connectivity index (χ1) is 9.63. The van der Waals surface area contributed by atoms with Crippen molar-refractivity contribution in [3.05, 3.63) is 34.9 Å². The molecule has 1 atom stereocenters. The summed E-state index contributed by atoms with van der Waals surface area (Å²) in [5.74, 6) is -0.566. The fraction of sp³-hybridized carbons (Fsp3) is 0.467. The van der Waals surface area contributed by atoms with E-state index in [1.54, 1.807) is 36.1 Å². The van der Waals surface area contributed by atoms with Gasteiger partial charge in [-0.05, 0) is 31.9 Å². The van der Waals surface area contributed by atoms with Crippen molar-refractivity contribution in [1.82, 2.24) is 4.90 Å². The molecule has 20 heavy (non-hydrogen) atoms. The van der Waals surface area contributed by atoms with Crippen LogP contribution in [0.15, 0.2) is 24.3 Å². The van der Waals surface area contributed by atoms with E-state index in [0.29, 0.717) is 30.3 Å². The van der Waals surface area contributed by atoms with E-state index < -0.39 is 0 Å². The van der Waals surface area contributed by atoms with Crippen LogP contribution in [0.5, 0.6) is 0 Å². The van der Waals surface area contributed by atoms with Crippen LogP contribution >= 0.6 is 11.6 Å². The van der Waals surface area contributed by atoms with Gasteiger partial charge >= 0.3 is 5.97 Å². The minimum atomic E-state index is -0.227. The maximum Gasteiger partial charge on any atom is 0.310 e. The summed E-state index contributed by atoms with van der Waals surface area (Å²) in [5, 5.41) is 0.441. The Hall–Kier alpha value is -1.55. The molecule has 1 aliphatic heterocycles. The lowest BCUT2D eigenvalue weighted by Gasteiger charge is -2.31. The van der Waals surface area contributed by atoms with Crippen LogP contribution in [0.2, 0.25) is 5.02 Å². The van der Waals surface area contributed by atoms with Crippen molar-refractivity contribution in [1.29, 1.82) is 0 Å². The molecule has 0 aliphatic carbocycles. The topological polar surface area (TPSA) is 46.6 Å². The molecule has 0 aromatic heterocycles. The Balaban J connectivity index is 2.07. The predicted molar refractivity (Wildman–Crippen MR) is 76.7 cm³/mol. The second-order valence-electron chi connectivity index (χ2n) is 4.82. The maximum absolute atomic E-state index is 12.4. The van der Waals surface area contributed by atoms with Gasteiger partial charge in [0.2, 0.25) is 0 Å². The van der Waals surface area contributed by atoms with Crippen LogP contribution in [0, 0.1) is 5.92 Å². The molecule has 1 saturated heterocycles. The van der Waals surface area contributed by atoms with E-state index >= 15 is 0 Å². The highest BCUT2D eigenvalue weighted by atomic mass is 35.5. The molecule has 5 heteroatoms. The first-order valence-corrected chi connectivity index (χ1v) is 7.21. The number of piperidine rings is 1. The van der Waals surface area contributed by atoms with E-state index in [0.717, 1.165) is 12.8 Å². The Morgan fingerprint density at radius 2 is 2.15 bits per heavy atom. The van der Waals surface area contributed by atoms with Gasteiger partial charge in [0.1, 0.15) is 0 Å². The van der Waals surface area contributed by atoms with Crippen molar-refractivity contribution in [2.75, 3.05) is 19.7 Å². The third-order valence-electron chi connectivity index (χ3n) is 3.43. The van der Waals surface area contributed by atoms with Crippen molar-refractivity contribution >= 4 is 23.5 Å². The van der Waals surface area contributed by atoms with E-state index in [4.69, 9.17) is 16.3 Å². The average molecular weight is 296 g/mol. The quantitative estimate of drug-likeness (QED) is 0.806. The zero-order valence-corrected chi connectivity index (χ0v) is 12.2. The molecule has 0 N–H and O–H groups in total. The largest absolute Gasteiger partial charge is 0.466 e. The molecule has 0 saturated carbocycles. The average Bonchev–Trinajstić information content (AvgIpc) is 2.47. The maximum atomic E-state index is 12.4. The van der Waals surface area contributed by atoms with Gasteiger partial charge in [0.15, 0.2) is 0 Å². The summed E-state index contributed by atoms with van der Waals surface area (Å²) in [6.07, 6.45) is 1.57. The Labute approximate surface area is 123 Å². The van der Waals surface area contributed by atoms with Gasteiger partial charge in [-0.2, -0.15) is 0 Å². The van der Waals surface area contributed by atoms with Crippen molar-refractivity contribution in [2.24, 2.45) is 5.92 Å². The third kappa shape index (κ3) is 3.31. The van der Waals surface area contributed by atoms with Gasteiger partial charge in [-0.1, -0.05) is 23.7 Å². The lowest BCUT2D eigenvalue weighted by atomic mass is 9.97.